The molecular weight excluding hydrogens is 578 g/mol. The van der Waals surface area contributed by atoms with Crippen molar-refractivity contribution in [2.75, 3.05) is 20.1 Å². The molecule has 44 heavy (non-hydrogen) atoms. The summed E-state index contributed by atoms with van der Waals surface area (Å²) in [5.74, 6) is 1.29. The number of rotatable bonds is 22. The Kier molecular flexibility index (Phi) is 18.5. The van der Waals surface area contributed by atoms with Crippen LogP contribution in [0.2, 0.25) is 0 Å². The van der Waals surface area contributed by atoms with Gasteiger partial charge in [-0.25, -0.2) is 4.98 Å². The Morgan fingerprint density at radius 2 is 1.84 bits per heavy atom. The number of hydrogen-bond acceptors (Lipinski definition) is 8. The van der Waals surface area contributed by atoms with E-state index >= 15 is 0 Å². The highest BCUT2D eigenvalue weighted by Crippen LogP contribution is 2.31. The summed E-state index contributed by atoms with van der Waals surface area (Å²) in [5.41, 5.74) is 5.52. The van der Waals surface area contributed by atoms with Gasteiger partial charge in [0, 0.05) is 44.2 Å². The van der Waals surface area contributed by atoms with Crippen LogP contribution in [0.5, 0.6) is 0 Å². The van der Waals surface area contributed by atoms with E-state index in [0.29, 0.717) is 37.2 Å². The van der Waals surface area contributed by atoms with Crippen molar-refractivity contribution in [3.63, 3.8) is 0 Å². The molecule has 0 aromatic carbocycles. The Labute approximate surface area is 268 Å². The minimum absolute atomic E-state index is 0.0221. The van der Waals surface area contributed by atoms with Crippen molar-refractivity contribution < 1.29 is 23.9 Å². The maximum Gasteiger partial charge on any atom is 0.303 e. The first-order valence-corrected chi connectivity index (χ1v) is 16.8. The van der Waals surface area contributed by atoms with Crippen LogP contribution in [0.4, 0.5) is 0 Å². The Hall–Kier alpha value is -2.97. The molecule has 1 aromatic heterocycles. The van der Waals surface area contributed by atoms with Crippen molar-refractivity contribution in [1.82, 2.24) is 20.5 Å². The molecule has 0 aliphatic heterocycles. The van der Waals surface area contributed by atoms with Gasteiger partial charge in [-0.1, -0.05) is 53.9 Å². The van der Waals surface area contributed by atoms with E-state index in [1.54, 1.807) is 0 Å². The molecule has 0 aliphatic rings. The second-order valence-corrected chi connectivity index (χ2v) is 13.0. The molecule has 248 valence electrons. The third-order valence-electron chi connectivity index (χ3n) is 7.94. The second-order valence-electron chi connectivity index (χ2n) is 12.1. The Morgan fingerprint density at radius 3 is 2.39 bits per heavy atom. The molecule has 0 unspecified atom stereocenters. The number of ether oxygens (including phenoxy) is 1. The predicted molar refractivity (Wildman–Crippen MR) is 176 cm³/mol. The zero-order valence-corrected chi connectivity index (χ0v) is 28.6. The first-order chi connectivity index (χ1) is 20.9. The normalized spacial score (nSPS) is 14.6. The Morgan fingerprint density at radius 1 is 1.14 bits per heavy atom. The van der Waals surface area contributed by atoms with Crippen molar-refractivity contribution in [2.24, 2.45) is 23.5 Å². The van der Waals surface area contributed by atoms with Gasteiger partial charge in [-0.3, -0.25) is 19.2 Å². The largest absolute Gasteiger partial charge is 0.455 e. The lowest BCUT2D eigenvalue weighted by atomic mass is 9.91. The van der Waals surface area contributed by atoms with Crippen LogP contribution < -0.4 is 16.4 Å². The molecule has 11 heteroatoms. The first kappa shape index (κ1) is 39.1. The second kappa shape index (κ2) is 20.9. The van der Waals surface area contributed by atoms with Crippen molar-refractivity contribution >= 4 is 35.0 Å². The van der Waals surface area contributed by atoms with E-state index < -0.39 is 24.0 Å². The van der Waals surface area contributed by atoms with Gasteiger partial charge in [-0.2, -0.15) is 0 Å². The van der Waals surface area contributed by atoms with Gasteiger partial charge in [0.25, 0.3) is 5.91 Å². The highest BCUT2D eigenvalue weighted by molar-refractivity contribution is 7.09. The molecule has 4 N–H and O–H groups in total. The van der Waals surface area contributed by atoms with Gasteiger partial charge < -0.3 is 26.0 Å². The predicted octanol–water partition coefficient (Wildman–Crippen LogP) is 4.84. The minimum Gasteiger partial charge on any atom is -0.455 e. The van der Waals surface area contributed by atoms with E-state index in [0.717, 1.165) is 32.2 Å². The van der Waals surface area contributed by atoms with Gasteiger partial charge in [0.15, 0.2) is 6.10 Å². The third-order valence-corrected chi connectivity index (χ3v) is 8.88. The molecule has 1 aromatic rings. The lowest BCUT2D eigenvalue weighted by Crippen LogP contribution is -2.56. The van der Waals surface area contributed by atoms with Crippen LogP contribution >= 0.6 is 11.3 Å². The topological polar surface area (TPSA) is 144 Å². The zero-order chi connectivity index (χ0) is 33.2. The highest BCUT2D eigenvalue weighted by Gasteiger charge is 2.37. The van der Waals surface area contributed by atoms with Crippen LogP contribution in [-0.4, -0.2) is 65.8 Å². The summed E-state index contributed by atoms with van der Waals surface area (Å²) >= 11 is 1.19. The molecule has 5 atom stereocenters. The fourth-order valence-corrected chi connectivity index (χ4v) is 6.03. The molecule has 3 amide bonds. The third kappa shape index (κ3) is 13.8. The zero-order valence-electron chi connectivity index (χ0n) is 27.8. The summed E-state index contributed by atoms with van der Waals surface area (Å²) in [6, 6.07) is -1.06. The molecule has 10 nitrogen and oxygen atoms in total. The van der Waals surface area contributed by atoms with Crippen LogP contribution in [-0.2, 0) is 19.1 Å². The summed E-state index contributed by atoms with van der Waals surface area (Å²) in [7, 11) is 1.93. The fraction of sp³-hybridized carbons (Fsp3) is 0.727. The van der Waals surface area contributed by atoms with Crippen molar-refractivity contribution in [3.8, 4) is 12.3 Å². The van der Waals surface area contributed by atoms with E-state index in [1.807, 2.05) is 39.6 Å². The maximum absolute atomic E-state index is 14.4. The lowest BCUT2D eigenvalue weighted by Gasteiger charge is -2.39. The molecule has 1 rings (SSSR count). The quantitative estimate of drug-likeness (QED) is 0.0942. The van der Waals surface area contributed by atoms with Crippen LogP contribution in [0.1, 0.15) is 121 Å². The molecule has 0 radical (unpaired) electrons. The van der Waals surface area contributed by atoms with E-state index in [-0.39, 0.29) is 47.7 Å². The Balaban J connectivity index is 3.33. The summed E-state index contributed by atoms with van der Waals surface area (Å²) < 4.78 is 5.69. The fourth-order valence-electron chi connectivity index (χ4n) is 5.18. The number of terminal acetylenes is 1. The number of carbonyl (C=O) groups is 4. The van der Waals surface area contributed by atoms with Crippen molar-refractivity contribution in [3.05, 3.63) is 16.1 Å². The van der Waals surface area contributed by atoms with Gasteiger partial charge in [-0.05, 0) is 50.6 Å². The monoisotopic (exact) mass is 633 g/mol. The van der Waals surface area contributed by atoms with E-state index in [4.69, 9.17) is 16.9 Å². The smallest absolute Gasteiger partial charge is 0.303 e. The van der Waals surface area contributed by atoms with Gasteiger partial charge in [-0.15, -0.1) is 23.7 Å². The molecule has 0 fully saturated rings. The number of unbranched alkanes of at least 4 members (excludes halogenated alkanes) is 3. The van der Waals surface area contributed by atoms with Crippen LogP contribution in [0.25, 0.3) is 0 Å². The summed E-state index contributed by atoms with van der Waals surface area (Å²) in [4.78, 5) is 57.7. The summed E-state index contributed by atoms with van der Waals surface area (Å²) in [6.45, 7) is 12.8. The summed E-state index contributed by atoms with van der Waals surface area (Å²) in [5, 5.41) is 8.21. The van der Waals surface area contributed by atoms with Gasteiger partial charge in [0.05, 0.1) is 0 Å². The number of nitrogens with two attached hydrogens (primary N) is 1. The lowest BCUT2D eigenvalue weighted by molar-refractivity contribution is -0.149. The minimum atomic E-state index is -0.778. The summed E-state index contributed by atoms with van der Waals surface area (Å²) in [6.07, 6.45) is 11.1. The number of nitrogens with zero attached hydrogens (tertiary/aromatic N) is 2. The van der Waals surface area contributed by atoms with Crippen LogP contribution in [0.15, 0.2) is 5.38 Å². The number of carbonyl (C=O) groups excluding carboxylic acids is 4. The van der Waals surface area contributed by atoms with Gasteiger partial charge in [0.2, 0.25) is 11.8 Å². The van der Waals surface area contributed by atoms with E-state index in [1.165, 1.54) is 23.6 Å². The number of aromatic nitrogens is 1. The number of hydrogen-bond donors (Lipinski definition) is 3. The SMILES string of the molecule is C#CCCCCN(C(=O)[C@@H](NC(=O)C[C@H](C)CCCCNC)[C@@H](C)CC)[C@H](C[C@@H](OC(C)=O)c1nc(C(N)=O)cs1)C(C)C. The average molecular weight is 634 g/mol. The molecule has 1 heterocycles. The molecule has 0 saturated carbocycles. The van der Waals surface area contributed by atoms with E-state index in [2.05, 4.69) is 28.5 Å². The molecule has 0 spiro atoms. The number of esters is 1. The molecule has 0 bridgehead atoms. The number of nitrogens with one attached hydrogen (secondary N) is 2. The first-order valence-electron chi connectivity index (χ1n) is 16.0. The number of primary amides is 1. The van der Waals surface area contributed by atoms with Gasteiger partial charge in [0.1, 0.15) is 16.7 Å². The van der Waals surface area contributed by atoms with Crippen molar-refractivity contribution in [2.45, 2.75) is 118 Å². The standard InChI is InChI=1S/C33H55N5O5S/c1-9-11-12-15-18-38(27(22(3)4)20-28(43-25(7)39)32-36-26(21-44-32)31(34)41)33(42)30(24(6)10-2)37-29(40)19-23(5)16-13-14-17-35-8/h1,21-24,27-28,30,35H,10-20H2,2-8H3,(H2,34,41)(H,37,40)/t23-,24+,27-,28-,30+/m1/s1. The Bertz CT molecular complexity index is 1080. The van der Waals surface area contributed by atoms with Crippen LogP contribution in [0.3, 0.4) is 0 Å². The van der Waals surface area contributed by atoms with E-state index in [9.17, 15) is 19.2 Å². The van der Waals surface area contributed by atoms with Gasteiger partial charge >= 0.3 is 5.97 Å². The maximum atomic E-state index is 14.4. The molecule has 0 saturated heterocycles. The van der Waals surface area contributed by atoms with Crippen molar-refractivity contribution in [1.29, 1.82) is 0 Å². The average Bonchev–Trinajstić information content (AvgIpc) is 3.46. The number of amides is 3. The number of thiazole rings is 1. The molecular formula is C33H55N5O5S. The van der Waals surface area contributed by atoms with Crippen LogP contribution in [0, 0.1) is 30.1 Å². The molecule has 0 aliphatic carbocycles. The highest BCUT2D eigenvalue weighted by atomic mass is 32.1.